The Balaban J connectivity index is 2.27. The number of ether oxygens (including phenoxy) is 2. The van der Waals surface area contributed by atoms with Crippen LogP contribution in [0.25, 0.3) is 0 Å². The molecule has 0 aliphatic carbocycles. The molecule has 0 aromatic carbocycles. The summed E-state index contributed by atoms with van der Waals surface area (Å²) in [6.45, 7) is 5.56. The van der Waals surface area contributed by atoms with Gasteiger partial charge in [0.15, 0.2) is 11.5 Å². The molecule has 0 saturated carbocycles. The van der Waals surface area contributed by atoms with E-state index < -0.39 is 0 Å². The molecule has 6 heteroatoms. The maximum absolute atomic E-state index is 12.3. The average molecular weight is 312 g/mol. The summed E-state index contributed by atoms with van der Waals surface area (Å²) in [5.74, 6) is 0.649. The Labute approximate surface area is 130 Å². The van der Waals surface area contributed by atoms with E-state index in [0.717, 1.165) is 30.9 Å². The number of hydrogen-bond acceptors (Lipinski definition) is 6. The molecule has 1 aromatic rings. The standard InChI is InChI=1S/C15H24N2O3S/c1-9(2)12(18)14-11(16)13(20-4)15(21-14)17-7-5-10(19-3)6-8-17/h9-10H,5-8,16H2,1-4H3. The molecule has 5 nitrogen and oxygen atoms in total. The summed E-state index contributed by atoms with van der Waals surface area (Å²) >= 11 is 1.45. The van der Waals surface area contributed by atoms with Gasteiger partial charge in [-0.1, -0.05) is 13.8 Å². The monoisotopic (exact) mass is 312 g/mol. The van der Waals surface area contributed by atoms with E-state index in [1.165, 1.54) is 11.3 Å². The molecule has 0 bridgehead atoms. The molecule has 0 atom stereocenters. The van der Waals surface area contributed by atoms with Crippen LogP contribution in [0.5, 0.6) is 5.75 Å². The van der Waals surface area contributed by atoms with Gasteiger partial charge in [0, 0.05) is 26.1 Å². The molecule has 2 N–H and O–H groups in total. The minimum Gasteiger partial charge on any atom is -0.492 e. The molecule has 1 saturated heterocycles. The average Bonchev–Trinajstić information content (AvgIpc) is 2.83. The fourth-order valence-electron chi connectivity index (χ4n) is 2.56. The van der Waals surface area contributed by atoms with Gasteiger partial charge < -0.3 is 20.1 Å². The number of rotatable bonds is 5. The highest BCUT2D eigenvalue weighted by Gasteiger charge is 2.28. The van der Waals surface area contributed by atoms with E-state index in [-0.39, 0.29) is 11.7 Å². The molecule has 118 valence electrons. The SMILES string of the molecule is COc1c(N2CCC(OC)CC2)sc(C(=O)C(C)C)c1N. The predicted molar refractivity (Wildman–Crippen MR) is 86.7 cm³/mol. The van der Waals surface area contributed by atoms with Crippen LogP contribution in [-0.2, 0) is 4.74 Å². The number of nitrogens with two attached hydrogens (primary N) is 1. The van der Waals surface area contributed by atoms with Crippen LogP contribution in [0.1, 0.15) is 36.4 Å². The van der Waals surface area contributed by atoms with Crippen molar-refractivity contribution in [3.05, 3.63) is 4.88 Å². The normalized spacial score (nSPS) is 16.5. The number of nitrogen functional groups attached to an aromatic ring is 1. The van der Waals surface area contributed by atoms with Gasteiger partial charge in [0.25, 0.3) is 0 Å². The molecule has 1 aliphatic heterocycles. The second kappa shape index (κ2) is 6.66. The summed E-state index contributed by atoms with van der Waals surface area (Å²) in [5, 5.41) is 0.966. The van der Waals surface area contributed by atoms with E-state index in [9.17, 15) is 4.79 Å². The van der Waals surface area contributed by atoms with E-state index in [1.807, 2.05) is 13.8 Å². The summed E-state index contributed by atoms with van der Waals surface area (Å²) in [6.07, 6.45) is 2.27. The Hall–Kier alpha value is -1.27. The molecule has 1 fully saturated rings. The van der Waals surface area contributed by atoms with E-state index in [4.69, 9.17) is 15.2 Å². The van der Waals surface area contributed by atoms with E-state index >= 15 is 0 Å². The third-order valence-electron chi connectivity index (χ3n) is 3.90. The van der Waals surface area contributed by atoms with Gasteiger partial charge >= 0.3 is 0 Å². The van der Waals surface area contributed by atoms with Gasteiger partial charge in [-0.25, -0.2) is 0 Å². The van der Waals surface area contributed by atoms with Crippen molar-refractivity contribution in [1.82, 2.24) is 0 Å². The van der Waals surface area contributed by atoms with Crippen molar-refractivity contribution in [1.29, 1.82) is 0 Å². The Kier molecular flexibility index (Phi) is 5.11. The molecule has 0 amide bonds. The largest absolute Gasteiger partial charge is 0.492 e. The lowest BCUT2D eigenvalue weighted by atomic mass is 10.1. The van der Waals surface area contributed by atoms with Gasteiger partial charge in [-0.15, -0.1) is 11.3 Å². The smallest absolute Gasteiger partial charge is 0.177 e. The minimum absolute atomic E-state index is 0.0669. The maximum Gasteiger partial charge on any atom is 0.177 e. The number of piperidine rings is 1. The highest BCUT2D eigenvalue weighted by Crippen LogP contribution is 2.46. The fourth-order valence-corrected chi connectivity index (χ4v) is 3.89. The number of carbonyl (C=O) groups excluding carboxylic acids is 1. The lowest BCUT2D eigenvalue weighted by Gasteiger charge is -2.32. The number of nitrogens with zero attached hydrogens (tertiary/aromatic N) is 1. The highest BCUT2D eigenvalue weighted by atomic mass is 32.1. The molecule has 21 heavy (non-hydrogen) atoms. The number of ketones is 1. The van der Waals surface area contributed by atoms with Crippen molar-refractivity contribution in [2.45, 2.75) is 32.8 Å². The van der Waals surface area contributed by atoms with Crippen molar-refractivity contribution >= 4 is 27.8 Å². The number of anilines is 2. The van der Waals surface area contributed by atoms with Gasteiger partial charge in [-0.3, -0.25) is 4.79 Å². The second-order valence-electron chi connectivity index (χ2n) is 5.62. The fraction of sp³-hybridized carbons (Fsp3) is 0.667. The topological polar surface area (TPSA) is 64.8 Å². The van der Waals surface area contributed by atoms with Crippen molar-refractivity contribution < 1.29 is 14.3 Å². The zero-order chi connectivity index (χ0) is 15.6. The van der Waals surface area contributed by atoms with Crippen LogP contribution < -0.4 is 15.4 Å². The van der Waals surface area contributed by atoms with Crippen LogP contribution in [0.15, 0.2) is 0 Å². The van der Waals surface area contributed by atoms with Crippen LogP contribution in [0.2, 0.25) is 0 Å². The summed E-state index contributed by atoms with van der Waals surface area (Å²) in [6, 6.07) is 0. The third-order valence-corrected chi connectivity index (χ3v) is 5.16. The molecule has 2 rings (SSSR count). The van der Waals surface area contributed by atoms with Crippen molar-refractivity contribution in [3.63, 3.8) is 0 Å². The zero-order valence-corrected chi connectivity index (χ0v) is 14.0. The number of carbonyl (C=O) groups is 1. The lowest BCUT2D eigenvalue weighted by molar-refractivity contribution is 0.0819. The molecule has 2 heterocycles. The number of hydrogen-bond donors (Lipinski definition) is 1. The van der Waals surface area contributed by atoms with E-state index in [0.29, 0.717) is 22.4 Å². The maximum atomic E-state index is 12.3. The van der Waals surface area contributed by atoms with E-state index in [1.54, 1.807) is 14.2 Å². The first-order valence-corrected chi connectivity index (χ1v) is 8.09. The van der Waals surface area contributed by atoms with Crippen LogP contribution in [0.3, 0.4) is 0 Å². The molecule has 0 spiro atoms. The van der Waals surface area contributed by atoms with Gasteiger partial charge in [-0.2, -0.15) is 0 Å². The molecule has 0 radical (unpaired) electrons. The van der Waals surface area contributed by atoms with Crippen molar-refractivity contribution in [2.75, 3.05) is 37.9 Å². The quantitative estimate of drug-likeness (QED) is 0.847. The van der Waals surface area contributed by atoms with Crippen molar-refractivity contribution in [2.24, 2.45) is 5.92 Å². The summed E-state index contributed by atoms with van der Waals surface area (Å²) < 4.78 is 10.9. The number of methoxy groups -OCH3 is 2. The van der Waals surface area contributed by atoms with E-state index in [2.05, 4.69) is 4.90 Å². The molecular weight excluding hydrogens is 288 g/mol. The molecular formula is C15H24N2O3S. The molecule has 1 aromatic heterocycles. The Morgan fingerprint density at radius 2 is 1.95 bits per heavy atom. The van der Waals surface area contributed by atoms with Gasteiger partial charge in [0.1, 0.15) is 5.00 Å². The molecule has 0 unspecified atom stereocenters. The summed E-state index contributed by atoms with van der Waals surface area (Å²) in [4.78, 5) is 15.1. The summed E-state index contributed by atoms with van der Waals surface area (Å²) in [5.41, 5.74) is 6.60. The number of Topliss-reactive ketones (excluding diaryl/α,β-unsaturated/α-hetero) is 1. The van der Waals surface area contributed by atoms with Crippen LogP contribution in [-0.4, -0.2) is 39.2 Å². The predicted octanol–water partition coefficient (Wildman–Crippen LogP) is 2.79. The summed E-state index contributed by atoms with van der Waals surface area (Å²) in [7, 11) is 3.36. The van der Waals surface area contributed by atoms with Gasteiger partial charge in [-0.05, 0) is 12.8 Å². The first-order chi connectivity index (χ1) is 9.99. The highest BCUT2D eigenvalue weighted by molar-refractivity contribution is 7.19. The lowest BCUT2D eigenvalue weighted by Crippen LogP contribution is -2.36. The minimum atomic E-state index is -0.0669. The Bertz CT molecular complexity index is 505. The van der Waals surface area contributed by atoms with Crippen LogP contribution >= 0.6 is 11.3 Å². The van der Waals surface area contributed by atoms with Crippen LogP contribution in [0, 0.1) is 5.92 Å². The second-order valence-corrected chi connectivity index (χ2v) is 6.62. The molecule has 1 aliphatic rings. The van der Waals surface area contributed by atoms with Crippen LogP contribution in [0.4, 0.5) is 10.7 Å². The van der Waals surface area contributed by atoms with Gasteiger partial charge in [0.2, 0.25) is 0 Å². The van der Waals surface area contributed by atoms with Gasteiger partial charge in [0.05, 0.1) is 23.8 Å². The number of thiophene rings is 1. The zero-order valence-electron chi connectivity index (χ0n) is 13.1. The van der Waals surface area contributed by atoms with Crippen molar-refractivity contribution in [3.8, 4) is 5.75 Å². The Morgan fingerprint density at radius 3 is 2.43 bits per heavy atom. The Morgan fingerprint density at radius 1 is 1.33 bits per heavy atom. The first-order valence-electron chi connectivity index (χ1n) is 7.27. The third kappa shape index (κ3) is 3.16. The first kappa shape index (κ1) is 16.1.